The first kappa shape index (κ1) is 10.6. The van der Waals surface area contributed by atoms with Crippen molar-refractivity contribution in [2.45, 2.75) is 25.4 Å². The highest BCUT2D eigenvalue weighted by Gasteiger charge is 2.17. The van der Waals surface area contributed by atoms with Gasteiger partial charge in [-0.25, -0.2) is 0 Å². The van der Waals surface area contributed by atoms with Crippen LogP contribution in [0.3, 0.4) is 0 Å². The van der Waals surface area contributed by atoms with Crippen molar-refractivity contribution < 1.29 is 0 Å². The molecule has 2 nitrogen and oxygen atoms in total. The van der Waals surface area contributed by atoms with Crippen molar-refractivity contribution in [1.82, 2.24) is 0 Å². The molecule has 2 heteroatoms. The predicted octanol–water partition coefficient (Wildman–Crippen LogP) is 2.94. The molecule has 0 N–H and O–H groups in total. The van der Waals surface area contributed by atoms with Crippen LogP contribution in [0.5, 0.6) is 0 Å². The van der Waals surface area contributed by atoms with Gasteiger partial charge in [-0.05, 0) is 0 Å². The van der Waals surface area contributed by atoms with E-state index in [1.54, 1.807) is 0 Å². The van der Waals surface area contributed by atoms with E-state index < -0.39 is 0 Å². The Morgan fingerprint density at radius 1 is 0.929 bits per heavy atom. The van der Waals surface area contributed by atoms with Crippen LogP contribution in [0.4, 0.5) is 0 Å². The predicted molar refractivity (Wildman–Crippen MR) is 63.1 cm³/mol. The second-order valence-corrected chi connectivity index (χ2v) is 3.14. The van der Waals surface area contributed by atoms with E-state index in [2.05, 4.69) is 29.7 Å². The highest BCUT2D eigenvalue weighted by atomic mass is 15.1. The molecule has 0 amide bonds. The molecule has 0 aromatic rings. The van der Waals surface area contributed by atoms with Crippen LogP contribution in [0.15, 0.2) is 47.9 Å². The van der Waals surface area contributed by atoms with Gasteiger partial charge in [-0.2, -0.15) is 0 Å². The third-order valence-electron chi connectivity index (χ3n) is 2.00. The molecule has 0 bridgehead atoms. The normalized spacial score (nSPS) is 16.0. The van der Waals surface area contributed by atoms with Gasteiger partial charge in [0.05, 0.1) is 11.4 Å². The Hall–Kier alpha value is -1.44. The Morgan fingerprint density at radius 2 is 1.43 bits per heavy atom. The van der Waals surface area contributed by atoms with Crippen LogP contribution >= 0.6 is 0 Å². The van der Waals surface area contributed by atoms with Crippen molar-refractivity contribution in [1.29, 1.82) is 0 Å². The SMILES string of the molecule is C=CCC1=NC(CC=C)N=C1CC=C. The molecule has 1 aliphatic rings. The van der Waals surface area contributed by atoms with Crippen LogP contribution in [-0.4, -0.2) is 17.6 Å². The third kappa shape index (κ3) is 2.52. The zero-order chi connectivity index (χ0) is 10.4. The van der Waals surface area contributed by atoms with Crippen LogP contribution in [0.1, 0.15) is 19.3 Å². The Bertz CT molecular complexity index is 271. The van der Waals surface area contributed by atoms with E-state index in [0.717, 1.165) is 30.7 Å². The number of allylic oxidation sites excluding steroid dienone is 2. The lowest BCUT2D eigenvalue weighted by Gasteiger charge is -1.97. The minimum absolute atomic E-state index is 0.0393. The van der Waals surface area contributed by atoms with Crippen LogP contribution in [0.25, 0.3) is 0 Å². The van der Waals surface area contributed by atoms with Gasteiger partial charge in [-0.3, -0.25) is 9.98 Å². The van der Waals surface area contributed by atoms with E-state index in [-0.39, 0.29) is 6.17 Å². The average molecular weight is 188 g/mol. The van der Waals surface area contributed by atoms with Crippen LogP contribution < -0.4 is 0 Å². The summed E-state index contributed by atoms with van der Waals surface area (Å²) in [7, 11) is 0. The monoisotopic (exact) mass is 188 g/mol. The fourth-order valence-electron chi connectivity index (χ4n) is 1.41. The topological polar surface area (TPSA) is 24.7 Å². The zero-order valence-corrected chi connectivity index (χ0v) is 8.45. The molecular formula is C12H16N2. The first-order chi connectivity index (χ1) is 6.81. The van der Waals surface area contributed by atoms with Crippen molar-refractivity contribution in [2.24, 2.45) is 9.98 Å². The van der Waals surface area contributed by atoms with Gasteiger partial charge in [0, 0.05) is 19.3 Å². The highest BCUT2D eigenvalue weighted by molar-refractivity contribution is 6.44. The first-order valence-electron chi connectivity index (χ1n) is 4.78. The highest BCUT2D eigenvalue weighted by Crippen LogP contribution is 2.14. The van der Waals surface area contributed by atoms with Crippen LogP contribution in [0.2, 0.25) is 0 Å². The van der Waals surface area contributed by atoms with Crippen LogP contribution in [0, 0.1) is 0 Å². The summed E-state index contributed by atoms with van der Waals surface area (Å²) in [6.45, 7) is 11.1. The van der Waals surface area contributed by atoms with Gasteiger partial charge in [-0.15, -0.1) is 19.7 Å². The Balaban J connectivity index is 2.74. The summed E-state index contributed by atoms with van der Waals surface area (Å²) >= 11 is 0. The smallest absolute Gasteiger partial charge is 0.143 e. The zero-order valence-electron chi connectivity index (χ0n) is 8.45. The van der Waals surface area contributed by atoms with Gasteiger partial charge < -0.3 is 0 Å². The minimum Gasteiger partial charge on any atom is -0.261 e. The largest absolute Gasteiger partial charge is 0.261 e. The van der Waals surface area contributed by atoms with Gasteiger partial charge in [0.2, 0.25) is 0 Å². The average Bonchev–Trinajstić information content (AvgIpc) is 2.50. The number of aliphatic imine (C=N–C) groups is 2. The quantitative estimate of drug-likeness (QED) is 0.572. The molecule has 0 aliphatic carbocycles. The minimum atomic E-state index is 0.0393. The maximum atomic E-state index is 4.49. The summed E-state index contributed by atoms with van der Waals surface area (Å²) < 4.78 is 0. The molecule has 1 aliphatic heterocycles. The molecule has 0 saturated carbocycles. The lowest BCUT2D eigenvalue weighted by Crippen LogP contribution is -2.08. The fraction of sp³-hybridized carbons (Fsp3) is 0.333. The van der Waals surface area contributed by atoms with Gasteiger partial charge >= 0.3 is 0 Å². The molecule has 0 saturated heterocycles. The van der Waals surface area contributed by atoms with E-state index >= 15 is 0 Å². The molecule has 0 fully saturated rings. The van der Waals surface area contributed by atoms with E-state index in [0.29, 0.717) is 0 Å². The summed E-state index contributed by atoms with van der Waals surface area (Å²) in [5.41, 5.74) is 2.10. The number of nitrogens with zero attached hydrogens (tertiary/aromatic N) is 2. The Labute approximate surface area is 85.5 Å². The molecule has 0 atom stereocenters. The van der Waals surface area contributed by atoms with Gasteiger partial charge in [0.1, 0.15) is 6.17 Å². The summed E-state index contributed by atoms with van der Waals surface area (Å²) in [5.74, 6) is 0. The maximum Gasteiger partial charge on any atom is 0.143 e. The summed E-state index contributed by atoms with van der Waals surface area (Å²) in [5, 5.41) is 0. The van der Waals surface area contributed by atoms with Gasteiger partial charge in [-0.1, -0.05) is 18.2 Å². The number of hydrogen-bond acceptors (Lipinski definition) is 2. The summed E-state index contributed by atoms with van der Waals surface area (Å²) in [6, 6.07) is 0. The van der Waals surface area contributed by atoms with Gasteiger partial charge in [0.25, 0.3) is 0 Å². The van der Waals surface area contributed by atoms with E-state index in [9.17, 15) is 0 Å². The Morgan fingerprint density at radius 3 is 1.79 bits per heavy atom. The summed E-state index contributed by atoms with van der Waals surface area (Å²) in [6.07, 6.45) is 7.99. The van der Waals surface area contributed by atoms with Crippen molar-refractivity contribution in [2.75, 3.05) is 0 Å². The molecule has 0 aromatic carbocycles. The van der Waals surface area contributed by atoms with Crippen molar-refractivity contribution in [3.8, 4) is 0 Å². The maximum absolute atomic E-state index is 4.49. The van der Waals surface area contributed by atoms with Gasteiger partial charge in [0.15, 0.2) is 0 Å². The third-order valence-corrected chi connectivity index (χ3v) is 2.00. The molecule has 74 valence electrons. The molecule has 0 aromatic heterocycles. The van der Waals surface area contributed by atoms with Crippen molar-refractivity contribution >= 4 is 11.4 Å². The molecule has 1 heterocycles. The van der Waals surface area contributed by atoms with Crippen LogP contribution in [-0.2, 0) is 0 Å². The number of hydrogen-bond donors (Lipinski definition) is 0. The summed E-state index contributed by atoms with van der Waals surface area (Å²) in [4.78, 5) is 8.98. The molecule has 0 radical (unpaired) electrons. The molecule has 0 unspecified atom stereocenters. The molecular weight excluding hydrogens is 172 g/mol. The lowest BCUT2D eigenvalue weighted by molar-refractivity contribution is 0.740. The van der Waals surface area contributed by atoms with Crippen molar-refractivity contribution in [3.05, 3.63) is 38.0 Å². The van der Waals surface area contributed by atoms with E-state index in [4.69, 9.17) is 0 Å². The molecule has 0 spiro atoms. The molecule has 1 rings (SSSR count). The Kier molecular flexibility index (Phi) is 4.05. The second-order valence-electron chi connectivity index (χ2n) is 3.14. The molecule has 14 heavy (non-hydrogen) atoms. The van der Waals surface area contributed by atoms with E-state index in [1.807, 2.05) is 18.2 Å². The van der Waals surface area contributed by atoms with E-state index in [1.165, 1.54) is 0 Å². The standard InChI is InChI=1S/C12H16N2/c1-4-7-10-11(8-5-2)14-12(13-10)9-6-3/h4-6,12H,1-3,7-9H2. The fourth-order valence-corrected chi connectivity index (χ4v) is 1.41. The lowest BCUT2D eigenvalue weighted by atomic mass is 10.1. The second kappa shape index (κ2) is 5.32. The first-order valence-corrected chi connectivity index (χ1v) is 4.78. The number of rotatable bonds is 6. The van der Waals surface area contributed by atoms with Crippen molar-refractivity contribution in [3.63, 3.8) is 0 Å².